The van der Waals surface area contributed by atoms with Crippen LogP contribution in [0.4, 0.5) is 0 Å². The van der Waals surface area contributed by atoms with Crippen LogP contribution >= 0.6 is 11.3 Å². The van der Waals surface area contributed by atoms with E-state index in [2.05, 4.69) is 5.32 Å². The van der Waals surface area contributed by atoms with Gasteiger partial charge in [0.2, 0.25) is 0 Å². The number of carbonyl (C=O) groups is 1. The third kappa shape index (κ3) is 2.30. The lowest BCUT2D eigenvalue weighted by molar-refractivity contribution is 0.0951. The summed E-state index contributed by atoms with van der Waals surface area (Å²) in [6.07, 6.45) is 0. The van der Waals surface area contributed by atoms with Crippen LogP contribution in [-0.2, 0) is 0 Å². The van der Waals surface area contributed by atoms with Gasteiger partial charge in [-0.25, -0.2) is 0 Å². The number of hydrogen-bond donors (Lipinski definition) is 1. The lowest BCUT2D eigenvalue weighted by Gasteiger charge is -2.04. The van der Waals surface area contributed by atoms with Crippen LogP contribution < -0.4 is 5.32 Å². The summed E-state index contributed by atoms with van der Waals surface area (Å²) >= 11 is 1.39. The Labute approximate surface area is 81.0 Å². The Morgan fingerprint density at radius 2 is 2.46 bits per heavy atom. The van der Waals surface area contributed by atoms with Gasteiger partial charge in [0, 0.05) is 0 Å². The van der Waals surface area contributed by atoms with Crippen molar-refractivity contribution in [3.8, 4) is 6.07 Å². The zero-order valence-electron chi connectivity index (χ0n) is 7.50. The highest BCUT2D eigenvalue weighted by Gasteiger charge is 2.11. The topological polar surface area (TPSA) is 52.9 Å². The van der Waals surface area contributed by atoms with Gasteiger partial charge in [-0.2, -0.15) is 5.26 Å². The molecule has 3 nitrogen and oxygen atoms in total. The zero-order chi connectivity index (χ0) is 9.84. The third-order valence-electron chi connectivity index (χ3n) is 1.61. The molecule has 1 aromatic heterocycles. The number of hydrogen-bond acceptors (Lipinski definition) is 3. The summed E-state index contributed by atoms with van der Waals surface area (Å²) < 4.78 is 0. The maximum Gasteiger partial charge on any atom is 0.262 e. The summed E-state index contributed by atoms with van der Waals surface area (Å²) in [6.45, 7) is 3.53. The van der Waals surface area contributed by atoms with E-state index in [1.165, 1.54) is 11.3 Å². The van der Waals surface area contributed by atoms with Gasteiger partial charge in [0.25, 0.3) is 5.91 Å². The molecule has 0 radical (unpaired) electrons. The lowest BCUT2D eigenvalue weighted by Crippen LogP contribution is -2.31. The average molecular weight is 194 g/mol. The minimum absolute atomic E-state index is 0.165. The van der Waals surface area contributed by atoms with E-state index in [4.69, 9.17) is 5.26 Å². The molecule has 1 aromatic rings. The van der Waals surface area contributed by atoms with E-state index in [0.717, 1.165) is 5.56 Å². The molecule has 1 amide bonds. The fraction of sp³-hybridized carbons (Fsp3) is 0.333. The fourth-order valence-electron chi connectivity index (χ4n) is 0.900. The van der Waals surface area contributed by atoms with Crippen LogP contribution in [0.25, 0.3) is 0 Å². The van der Waals surface area contributed by atoms with E-state index in [1.54, 1.807) is 6.92 Å². The van der Waals surface area contributed by atoms with Gasteiger partial charge >= 0.3 is 0 Å². The third-order valence-corrected chi connectivity index (χ3v) is 2.62. The van der Waals surface area contributed by atoms with Gasteiger partial charge < -0.3 is 5.32 Å². The van der Waals surface area contributed by atoms with Gasteiger partial charge in [0.05, 0.1) is 10.9 Å². The number of aryl methyl sites for hydroxylation is 1. The van der Waals surface area contributed by atoms with Gasteiger partial charge in [-0.05, 0) is 30.9 Å². The lowest BCUT2D eigenvalue weighted by atomic mass is 10.2. The molecule has 0 aliphatic carbocycles. The summed E-state index contributed by atoms with van der Waals surface area (Å²) in [6, 6.07) is 3.40. The zero-order valence-corrected chi connectivity index (χ0v) is 8.31. The average Bonchev–Trinajstić information content (AvgIpc) is 2.51. The molecule has 13 heavy (non-hydrogen) atoms. The Bertz CT molecular complexity index is 351. The van der Waals surface area contributed by atoms with E-state index in [-0.39, 0.29) is 5.91 Å². The first-order valence-corrected chi connectivity index (χ1v) is 4.77. The standard InChI is InChI=1S/C9H10N2OS/c1-6-3-4-13-8(6)9(12)11-7(2)5-10/h3-4,7H,1-2H3,(H,11,12)/t7-/m1/s1. The van der Waals surface area contributed by atoms with Crippen LogP contribution in [0.1, 0.15) is 22.2 Å². The summed E-state index contributed by atoms with van der Waals surface area (Å²) in [4.78, 5) is 12.1. The van der Waals surface area contributed by atoms with Gasteiger partial charge in [0.15, 0.2) is 0 Å². The van der Waals surface area contributed by atoms with Crippen molar-refractivity contribution in [1.82, 2.24) is 5.32 Å². The highest BCUT2D eigenvalue weighted by atomic mass is 32.1. The molecule has 0 saturated carbocycles. The van der Waals surface area contributed by atoms with E-state index < -0.39 is 6.04 Å². The number of rotatable bonds is 2. The van der Waals surface area contributed by atoms with E-state index in [9.17, 15) is 4.79 Å². The predicted octanol–water partition coefficient (Wildman–Crippen LogP) is 1.70. The van der Waals surface area contributed by atoms with Gasteiger partial charge in [-0.15, -0.1) is 11.3 Å². The van der Waals surface area contributed by atoms with Crippen LogP contribution in [0.3, 0.4) is 0 Å². The molecule has 68 valence electrons. The number of thiophene rings is 1. The number of nitrogens with zero attached hydrogens (tertiary/aromatic N) is 1. The monoisotopic (exact) mass is 194 g/mol. The van der Waals surface area contributed by atoms with E-state index in [1.807, 2.05) is 24.4 Å². The largest absolute Gasteiger partial charge is 0.336 e. The van der Waals surface area contributed by atoms with Crippen molar-refractivity contribution in [3.63, 3.8) is 0 Å². The molecule has 0 aromatic carbocycles. The molecular weight excluding hydrogens is 184 g/mol. The maximum absolute atomic E-state index is 11.4. The minimum atomic E-state index is -0.436. The van der Waals surface area contributed by atoms with Crippen LogP contribution in [-0.4, -0.2) is 11.9 Å². The number of nitriles is 1. The van der Waals surface area contributed by atoms with Crippen molar-refractivity contribution in [1.29, 1.82) is 5.26 Å². The Hall–Kier alpha value is -1.34. The second kappa shape index (κ2) is 4.06. The molecule has 0 spiro atoms. The highest BCUT2D eigenvalue weighted by molar-refractivity contribution is 7.12. The molecule has 0 saturated heterocycles. The minimum Gasteiger partial charge on any atom is -0.336 e. The first kappa shape index (κ1) is 9.75. The van der Waals surface area contributed by atoms with Gasteiger partial charge in [0.1, 0.15) is 6.04 Å². The SMILES string of the molecule is Cc1ccsc1C(=O)N[C@H](C)C#N. The molecule has 1 heterocycles. The van der Waals surface area contributed by atoms with Gasteiger partial charge in [-0.1, -0.05) is 0 Å². The Morgan fingerprint density at radius 3 is 2.92 bits per heavy atom. The quantitative estimate of drug-likeness (QED) is 0.779. The Morgan fingerprint density at radius 1 is 1.77 bits per heavy atom. The normalized spacial score (nSPS) is 11.8. The first-order chi connectivity index (χ1) is 6.15. The molecule has 0 fully saturated rings. The predicted molar refractivity (Wildman–Crippen MR) is 51.6 cm³/mol. The number of carbonyl (C=O) groups excluding carboxylic acids is 1. The highest BCUT2D eigenvalue weighted by Crippen LogP contribution is 2.14. The molecule has 0 aliphatic heterocycles. The van der Waals surface area contributed by atoms with Crippen molar-refractivity contribution in [3.05, 3.63) is 21.9 Å². The number of nitrogens with one attached hydrogen (secondary N) is 1. The van der Waals surface area contributed by atoms with Crippen LogP contribution in [0.5, 0.6) is 0 Å². The molecule has 0 unspecified atom stereocenters. The second-order valence-corrected chi connectivity index (χ2v) is 3.67. The summed E-state index contributed by atoms with van der Waals surface area (Å²) in [5, 5.41) is 12.9. The van der Waals surface area contributed by atoms with Gasteiger partial charge in [-0.3, -0.25) is 4.79 Å². The summed E-state index contributed by atoms with van der Waals surface area (Å²) in [5.41, 5.74) is 0.952. The molecule has 0 aliphatic rings. The van der Waals surface area contributed by atoms with Crippen molar-refractivity contribution in [2.75, 3.05) is 0 Å². The summed E-state index contributed by atoms with van der Waals surface area (Å²) in [7, 11) is 0. The Balaban J connectivity index is 2.71. The van der Waals surface area contributed by atoms with Crippen LogP contribution in [0.2, 0.25) is 0 Å². The Kier molecular flexibility index (Phi) is 3.04. The first-order valence-electron chi connectivity index (χ1n) is 3.89. The molecule has 1 rings (SSSR count). The van der Waals surface area contributed by atoms with Crippen molar-refractivity contribution in [2.24, 2.45) is 0 Å². The fourth-order valence-corrected chi connectivity index (χ4v) is 1.73. The second-order valence-electron chi connectivity index (χ2n) is 2.76. The molecule has 1 N–H and O–H groups in total. The smallest absolute Gasteiger partial charge is 0.262 e. The van der Waals surface area contributed by atoms with Crippen molar-refractivity contribution in [2.45, 2.75) is 19.9 Å². The van der Waals surface area contributed by atoms with Crippen molar-refractivity contribution >= 4 is 17.2 Å². The van der Waals surface area contributed by atoms with E-state index >= 15 is 0 Å². The maximum atomic E-state index is 11.4. The summed E-state index contributed by atoms with van der Waals surface area (Å²) in [5.74, 6) is -0.165. The van der Waals surface area contributed by atoms with Crippen molar-refractivity contribution < 1.29 is 4.79 Å². The molecule has 0 bridgehead atoms. The molecule has 1 atom stereocenters. The van der Waals surface area contributed by atoms with Crippen LogP contribution in [0, 0.1) is 18.3 Å². The molecule has 4 heteroatoms. The molecular formula is C9H10N2OS. The van der Waals surface area contributed by atoms with Crippen LogP contribution in [0.15, 0.2) is 11.4 Å². The number of amides is 1. The van der Waals surface area contributed by atoms with E-state index in [0.29, 0.717) is 4.88 Å².